The van der Waals surface area contributed by atoms with Gasteiger partial charge in [-0.3, -0.25) is 9.78 Å². The van der Waals surface area contributed by atoms with E-state index in [2.05, 4.69) is 37.4 Å². The van der Waals surface area contributed by atoms with Gasteiger partial charge in [0.2, 0.25) is 12.3 Å². The van der Waals surface area contributed by atoms with E-state index in [1.54, 1.807) is 36.8 Å². The number of carbonyl (C=O) groups excluding carboxylic acids is 1. The highest BCUT2D eigenvalue weighted by Crippen LogP contribution is 2.18. The molecule has 0 atom stereocenters. The summed E-state index contributed by atoms with van der Waals surface area (Å²) in [7, 11) is 0. The number of aromatic nitrogens is 3. The van der Waals surface area contributed by atoms with Crippen molar-refractivity contribution in [1.82, 2.24) is 15.0 Å². The van der Waals surface area contributed by atoms with Crippen LogP contribution in [-0.2, 0) is 11.3 Å². The molecular formula is C22H22ClFN6O2. The first kappa shape index (κ1) is 24.4. The van der Waals surface area contributed by atoms with E-state index >= 15 is 0 Å². The van der Waals surface area contributed by atoms with Gasteiger partial charge in [0, 0.05) is 24.0 Å². The number of nitrogens with zero attached hydrogens (tertiary/aromatic N) is 3. The van der Waals surface area contributed by atoms with Gasteiger partial charge in [0.25, 0.3) is 0 Å². The van der Waals surface area contributed by atoms with E-state index in [4.69, 9.17) is 22.1 Å². The lowest BCUT2D eigenvalue weighted by atomic mass is 10.2. The number of benzene rings is 1. The maximum atomic E-state index is 13.6. The molecule has 0 aliphatic rings. The quantitative estimate of drug-likeness (QED) is 0.283. The molecule has 0 fully saturated rings. The summed E-state index contributed by atoms with van der Waals surface area (Å²) in [6.07, 6.45) is 5.33. The predicted octanol–water partition coefficient (Wildman–Crippen LogP) is 3.39. The van der Waals surface area contributed by atoms with Crippen molar-refractivity contribution in [3.8, 4) is 17.7 Å². The van der Waals surface area contributed by atoms with Crippen LogP contribution in [0.3, 0.4) is 0 Å². The van der Waals surface area contributed by atoms with E-state index < -0.39 is 0 Å². The second-order valence-electron chi connectivity index (χ2n) is 6.13. The molecule has 1 amide bonds. The van der Waals surface area contributed by atoms with E-state index in [0.717, 1.165) is 5.69 Å². The standard InChI is InChI=1S/C13H13FN4O.C9H9ClN2O/c14-11-4-3-10(18-8-19)6-9(11)7-17-12-2-1-5-16-13(12)15;1-8-6-12-9(7-11-8)13-5-3-2-4-10/h1-6,8,17H,7H2,(H2,15,16)(H,18,19);6-7H,4-5H2,1H3. The first-order valence-corrected chi connectivity index (χ1v) is 9.93. The van der Waals surface area contributed by atoms with E-state index in [9.17, 15) is 9.18 Å². The van der Waals surface area contributed by atoms with E-state index in [1.807, 2.05) is 6.92 Å². The predicted molar refractivity (Wildman–Crippen MR) is 123 cm³/mol. The number of nitrogens with one attached hydrogen (secondary N) is 2. The monoisotopic (exact) mass is 456 g/mol. The van der Waals surface area contributed by atoms with Gasteiger partial charge in [-0.15, -0.1) is 11.6 Å². The molecule has 0 bridgehead atoms. The Labute approximate surface area is 190 Å². The molecule has 3 rings (SSSR count). The van der Waals surface area contributed by atoms with Gasteiger partial charge < -0.3 is 21.1 Å². The van der Waals surface area contributed by atoms with Crippen LogP contribution in [0.15, 0.2) is 48.9 Å². The summed E-state index contributed by atoms with van der Waals surface area (Å²) in [5.41, 5.74) is 8.13. The van der Waals surface area contributed by atoms with Crippen LogP contribution >= 0.6 is 11.6 Å². The molecule has 3 aromatic rings. The number of halogens is 2. The fraction of sp³-hybridized carbons (Fsp3) is 0.182. The molecule has 1 aromatic carbocycles. The van der Waals surface area contributed by atoms with Gasteiger partial charge in [-0.1, -0.05) is 11.8 Å². The van der Waals surface area contributed by atoms with E-state index in [1.165, 1.54) is 12.1 Å². The minimum absolute atomic E-state index is 0.246. The Bertz CT molecular complexity index is 1070. The summed E-state index contributed by atoms with van der Waals surface area (Å²) in [6.45, 7) is 2.41. The second-order valence-corrected chi connectivity index (χ2v) is 6.40. The Morgan fingerprint density at radius 3 is 2.75 bits per heavy atom. The summed E-state index contributed by atoms with van der Waals surface area (Å²) in [5.74, 6) is 6.20. The average Bonchev–Trinajstić information content (AvgIpc) is 2.80. The number of carbonyl (C=O) groups is 1. The first-order chi connectivity index (χ1) is 15.5. The number of pyridine rings is 1. The number of ether oxygens (including phenoxy) is 1. The van der Waals surface area contributed by atoms with Gasteiger partial charge in [-0.25, -0.2) is 14.4 Å². The lowest BCUT2D eigenvalue weighted by molar-refractivity contribution is -0.105. The smallest absolute Gasteiger partial charge is 0.233 e. The molecule has 10 heteroatoms. The number of nitrogens with two attached hydrogens (primary N) is 1. The SMILES string of the molecule is Cc1cnc(OCC#CCCl)cn1.Nc1ncccc1NCc1cc(NC=O)ccc1F. The van der Waals surface area contributed by atoms with Crippen molar-refractivity contribution in [2.45, 2.75) is 13.5 Å². The molecule has 2 aromatic heterocycles. The third-order valence-electron chi connectivity index (χ3n) is 3.82. The van der Waals surface area contributed by atoms with Gasteiger partial charge in [-0.2, -0.15) is 0 Å². The lowest BCUT2D eigenvalue weighted by Gasteiger charge is -2.10. The van der Waals surface area contributed by atoms with Gasteiger partial charge in [0.05, 0.1) is 29.7 Å². The van der Waals surface area contributed by atoms with E-state index in [-0.39, 0.29) is 12.4 Å². The van der Waals surface area contributed by atoms with Crippen LogP contribution in [0.4, 0.5) is 21.6 Å². The Morgan fingerprint density at radius 1 is 1.22 bits per heavy atom. The van der Waals surface area contributed by atoms with Crippen LogP contribution in [0, 0.1) is 24.6 Å². The molecule has 166 valence electrons. The average molecular weight is 457 g/mol. The van der Waals surface area contributed by atoms with Gasteiger partial charge in [0.1, 0.15) is 11.6 Å². The van der Waals surface area contributed by atoms with Crippen LogP contribution in [0.1, 0.15) is 11.3 Å². The number of anilines is 3. The number of amides is 1. The summed E-state index contributed by atoms with van der Waals surface area (Å²) in [6, 6.07) is 7.84. The summed E-state index contributed by atoms with van der Waals surface area (Å²) in [5, 5.41) is 5.47. The fourth-order valence-corrected chi connectivity index (χ4v) is 2.38. The van der Waals surface area contributed by atoms with Crippen molar-refractivity contribution in [2.24, 2.45) is 0 Å². The van der Waals surface area contributed by atoms with Crippen molar-refractivity contribution in [3.05, 3.63) is 66.0 Å². The largest absolute Gasteiger partial charge is 0.463 e. The van der Waals surface area contributed by atoms with Crippen molar-refractivity contribution in [1.29, 1.82) is 0 Å². The van der Waals surface area contributed by atoms with Crippen molar-refractivity contribution in [3.63, 3.8) is 0 Å². The van der Waals surface area contributed by atoms with Crippen LogP contribution in [-0.4, -0.2) is 33.8 Å². The van der Waals surface area contributed by atoms with Crippen LogP contribution < -0.4 is 21.1 Å². The Hall–Kier alpha value is -3.90. The Balaban J connectivity index is 0.000000244. The molecule has 0 aliphatic carbocycles. The van der Waals surface area contributed by atoms with E-state index in [0.29, 0.717) is 47.5 Å². The summed E-state index contributed by atoms with van der Waals surface area (Å²) >= 11 is 5.35. The molecule has 0 radical (unpaired) electrons. The van der Waals surface area contributed by atoms with Gasteiger partial charge in [-0.05, 0) is 37.3 Å². The number of alkyl halides is 1. The number of hydrogen-bond donors (Lipinski definition) is 3. The summed E-state index contributed by atoms with van der Waals surface area (Å²) in [4.78, 5) is 22.3. The minimum atomic E-state index is -0.355. The molecule has 0 saturated carbocycles. The molecular weight excluding hydrogens is 435 g/mol. The number of nitrogen functional groups attached to an aromatic ring is 1. The number of rotatable bonds is 7. The van der Waals surface area contributed by atoms with Gasteiger partial charge >= 0.3 is 0 Å². The Kier molecular flexibility index (Phi) is 10.2. The number of aryl methyl sites for hydroxylation is 1. The first-order valence-electron chi connectivity index (χ1n) is 9.39. The second kappa shape index (κ2) is 13.4. The van der Waals surface area contributed by atoms with Crippen LogP contribution in [0.2, 0.25) is 0 Å². The zero-order chi connectivity index (χ0) is 23.2. The highest BCUT2D eigenvalue weighted by molar-refractivity contribution is 6.19. The van der Waals surface area contributed by atoms with Crippen molar-refractivity contribution < 1.29 is 13.9 Å². The molecule has 2 heterocycles. The molecule has 0 saturated heterocycles. The molecule has 8 nitrogen and oxygen atoms in total. The summed E-state index contributed by atoms with van der Waals surface area (Å²) < 4.78 is 18.8. The number of hydrogen-bond acceptors (Lipinski definition) is 7. The normalized spacial score (nSPS) is 9.47. The van der Waals surface area contributed by atoms with Crippen molar-refractivity contribution >= 4 is 35.2 Å². The fourth-order valence-electron chi connectivity index (χ4n) is 2.29. The van der Waals surface area contributed by atoms with Crippen LogP contribution in [0.25, 0.3) is 0 Å². The molecule has 32 heavy (non-hydrogen) atoms. The maximum Gasteiger partial charge on any atom is 0.233 e. The maximum absolute atomic E-state index is 13.6. The third kappa shape index (κ3) is 8.45. The zero-order valence-corrected chi connectivity index (χ0v) is 18.1. The Morgan fingerprint density at radius 2 is 2.06 bits per heavy atom. The highest BCUT2D eigenvalue weighted by atomic mass is 35.5. The third-order valence-corrected chi connectivity index (χ3v) is 3.95. The molecule has 0 spiro atoms. The zero-order valence-electron chi connectivity index (χ0n) is 17.3. The molecule has 0 aliphatic heterocycles. The lowest BCUT2D eigenvalue weighted by Crippen LogP contribution is -2.06. The minimum Gasteiger partial charge on any atom is -0.463 e. The van der Waals surface area contributed by atoms with Crippen LogP contribution in [0.5, 0.6) is 5.88 Å². The molecule has 4 N–H and O–H groups in total. The van der Waals surface area contributed by atoms with Crippen molar-refractivity contribution in [2.75, 3.05) is 28.9 Å². The molecule has 0 unspecified atom stereocenters. The van der Waals surface area contributed by atoms with Gasteiger partial charge in [0.15, 0.2) is 6.61 Å². The highest BCUT2D eigenvalue weighted by Gasteiger charge is 2.05. The topological polar surface area (TPSA) is 115 Å².